The minimum absolute atomic E-state index is 0.159. The van der Waals surface area contributed by atoms with Crippen molar-refractivity contribution in [2.75, 3.05) is 33.2 Å². The summed E-state index contributed by atoms with van der Waals surface area (Å²) in [5, 5.41) is 0.322. The lowest BCUT2D eigenvalue weighted by Crippen LogP contribution is -3.26. The summed E-state index contributed by atoms with van der Waals surface area (Å²) >= 11 is 0. The van der Waals surface area contributed by atoms with Crippen molar-refractivity contribution >= 4 is 10.9 Å². The molecule has 1 fully saturated rings. The van der Waals surface area contributed by atoms with E-state index in [4.69, 9.17) is 0 Å². The molecule has 0 atom stereocenters. The van der Waals surface area contributed by atoms with E-state index in [1.165, 1.54) is 15.9 Å². The van der Waals surface area contributed by atoms with Gasteiger partial charge in [0.25, 0.3) is 0 Å². The molecule has 2 heterocycles. The Balaban J connectivity index is 1.97. The first-order chi connectivity index (χ1) is 11.3. The molecule has 4 nitrogen and oxygen atoms in total. The number of piperazine rings is 1. The number of fused-ring (bicyclic) bond motifs is 1. The zero-order chi connectivity index (χ0) is 17.5. The summed E-state index contributed by atoms with van der Waals surface area (Å²) in [6.07, 6.45) is -4.41. The highest BCUT2D eigenvalue weighted by Crippen LogP contribution is 2.30. The number of aryl methyl sites for hydroxylation is 1. The van der Waals surface area contributed by atoms with Gasteiger partial charge in [0.1, 0.15) is 32.7 Å². The molecule has 0 unspecified atom stereocenters. The Bertz CT molecular complexity index is 805. The highest BCUT2D eigenvalue weighted by atomic mass is 19.4. The molecule has 1 saturated heterocycles. The lowest BCUT2D eigenvalue weighted by Gasteiger charge is -2.27. The molecule has 0 saturated carbocycles. The number of alkyl halides is 3. The largest absolute Gasteiger partial charge is 0.416 e. The minimum Gasteiger partial charge on any atom is -0.358 e. The standard InChI is InChI=1S/C17H20F3N3O/c1-11-14(10-23-7-5-22(2)6-8-23)16(24)13-4-3-12(17(18,19)20)9-15(13)21-11/h3-4,9H,5-8,10H2,1-2H3,(H,21,24)/p+2. The van der Waals surface area contributed by atoms with Crippen LogP contribution < -0.4 is 15.2 Å². The van der Waals surface area contributed by atoms with Crippen LogP contribution in [0, 0.1) is 6.92 Å². The molecule has 1 aliphatic rings. The van der Waals surface area contributed by atoms with Crippen molar-refractivity contribution in [2.24, 2.45) is 0 Å². The topological polar surface area (TPSA) is 41.7 Å². The number of quaternary nitrogens is 2. The second kappa shape index (κ2) is 6.22. The quantitative estimate of drug-likeness (QED) is 0.694. The number of halogens is 3. The van der Waals surface area contributed by atoms with E-state index < -0.39 is 11.7 Å². The fourth-order valence-corrected chi connectivity index (χ4v) is 3.30. The zero-order valence-electron chi connectivity index (χ0n) is 13.8. The smallest absolute Gasteiger partial charge is 0.358 e. The van der Waals surface area contributed by atoms with Gasteiger partial charge in [-0.2, -0.15) is 13.2 Å². The van der Waals surface area contributed by atoms with E-state index in [1.807, 2.05) is 0 Å². The van der Waals surface area contributed by atoms with Crippen LogP contribution in [0.1, 0.15) is 16.8 Å². The van der Waals surface area contributed by atoms with Crippen LogP contribution in [0.3, 0.4) is 0 Å². The predicted molar refractivity (Wildman–Crippen MR) is 85.3 cm³/mol. The maximum atomic E-state index is 12.8. The van der Waals surface area contributed by atoms with Crippen LogP contribution in [-0.2, 0) is 12.7 Å². The highest BCUT2D eigenvalue weighted by Gasteiger charge is 2.31. The molecular formula is C17H22F3N3O+2. The number of pyridine rings is 1. The number of benzene rings is 1. The van der Waals surface area contributed by atoms with Crippen molar-refractivity contribution in [2.45, 2.75) is 19.6 Å². The number of H-pyrrole nitrogens is 1. The Labute approximate surface area is 137 Å². The first-order valence-corrected chi connectivity index (χ1v) is 8.13. The summed E-state index contributed by atoms with van der Waals surface area (Å²) < 4.78 is 38.5. The average molecular weight is 341 g/mol. The summed E-state index contributed by atoms with van der Waals surface area (Å²) in [5.41, 5.74) is 0.676. The lowest BCUT2D eigenvalue weighted by molar-refractivity contribution is -1.01. The van der Waals surface area contributed by atoms with Gasteiger partial charge in [-0.05, 0) is 25.1 Å². The molecule has 7 heteroatoms. The van der Waals surface area contributed by atoms with Crippen LogP contribution in [0.5, 0.6) is 0 Å². The van der Waals surface area contributed by atoms with Gasteiger partial charge in [-0.15, -0.1) is 0 Å². The number of hydrogen-bond acceptors (Lipinski definition) is 1. The van der Waals surface area contributed by atoms with Crippen LogP contribution >= 0.6 is 0 Å². The summed E-state index contributed by atoms with van der Waals surface area (Å²) in [6.45, 7) is 6.50. The van der Waals surface area contributed by atoms with E-state index in [9.17, 15) is 18.0 Å². The molecule has 3 N–H and O–H groups in total. The van der Waals surface area contributed by atoms with Gasteiger partial charge in [-0.25, -0.2) is 0 Å². The molecule has 0 amide bonds. The Morgan fingerprint density at radius 1 is 1.17 bits per heavy atom. The molecule has 3 rings (SSSR count). The van der Waals surface area contributed by atoms with Crippen LogP contribution in [0.25, 0.3) is 10.9 Å². The van der Waals surface area contributed by atoms with Gasteiger partial charge in [0.15, 0.2) is 5.43 Å². The fourth-order valence-electron chi connectivity index (χ4n) is 3.30. The third-order valence-corrected chi connectivity index (χ3v) is 4.88. The third kappa shape index (κ3) is 3.32. The van der Waals surface area contributed by atoms with E-state index in [2.05, 4.69) is 12.0 Å². The first-order valence-electron chi connectivity index (χ1n) is 8.13. The summed E-state index contributed by atoms with van der Waals surface area (Å²) in [6, 6.07) is 3.27. The molecule has 1 aromatic carbocycles. The normalized spacial score (nSPS) is 22.0. The third-order valence-electron chi connectivity index (χ3n) is 4.88. The SMILES string of the molecule is Cc1[nH]c2cc(C(F)(F)F)ccc2c(=O)c1C[NH+]1CC[NH+](C)CC1. The minimum atomic E-state index is -4.41. The monoisotopic (exact) mass is 341 g/mol. The van der Waals surface area contributed by atoms with Crippen molar-refractivity contribution in [1.29, 1.82) is 0 Å². The lowest BCUT2D eigenvalue weighted by atomic mass is 10.1. The van der Waals surface area contributed by atoms with Crippen LogP contribution in [-0.4, -0.2) is 38.2 Å². The average Bonchev–Trinajstić information content (AvgIpc) is 2.52. The Kier molecular flexibility index (Phi) is 4.40. The summed E-state index contributed by atoms with van der Waals surface area (Å²) in [5.74, 6) is 0. The van der Waals surface area contributed by atoms with Crippen LogP contribution in [0.4, 0.5) is 13.2 Å². The molecule has 1 aromatic heterocycles. The zero-order valence-corrected chi connectivity index (χ0v) is 13.8. The highest BCUT2D eigenvalue weighted by molar-refractivity contribution is 5.80. The van der Waals surface area contributed by atoms with Gasteiger partial charge in [0, 0.05) is 11.1 Å². The van der Waals surface area contributed by atoms with E-state index in [1.54, 1.807) is 6.92 Å². The molecule has 2 aromatic rings. The van der Waals surface area contributed by atoms with Gasteiger partial charge in [0.2, 0.25) is 0 Å². The predicted octanol–water partition coefficient (Wildman–Crippen LogP) is -0.231. The molecule has 0 radical (unpaired) electrons. The van der Waals surface area contributed by atoms with Gasteiger partial charge in [-0.3, -0.25) is 4.79 Å². The first kappa shape index (κ1) is 17.0. The Hall–Kier alpha value is -1.86. The van der Waals surface area contributed by atoms with E-state index in [-0.39, 0.29) is 10.9 Å². The van der Waals surface area contributed by atoms with Gasteiger partial charge < -0.3 is 14.8 Å². The van der Waals surface area contributed by atoms with Crippen LogP contribution in [0.15, 0.2) is 23.0 Å². The second-order valence-electron chi connectivity index (χ2n) is 6.70. The van der Waals surface area contributed by atoms with Gasteiger partial charge >= 0.3 is 6.18 Å². The molecule has 1 aliphatic heterocycles. The summed E-state index contributed by atoms with van der Waals surface area (Å²) in [4.78, 5) is 18.6. The molecule has 130 valence electrons. The molecular weight excluding hydrogens is 319 g/mol. The van der Waals surface area contributed by atoms with Gasteiger partial charge in [-0.1, -0.05) is 0 Å². The van der Waals surface area contributed by atoms with Crippen molar-refractivity contribution in [3.05, 3.63) is 45.2 Å². The number of nitrogens with one attached hydrogen (secondary N) is 3. The fraction of sp³-hybridized carbons (Fsp3) is 0.471. The number of likely N-dealkylation sites (N-methyl/N-ethyl adjacent to an activating group) is 1. The van der Waals surface area contributed by atoms with Crippen molar-refractivity contribution in [3.8, 4) is 0 Å². The van der Waals surface area contributed by atoms with Crippen molar-refractivity contribution in [1.82, 2.24) is 4.98 Å². The number of rotatable bonds is 2. The van der Waals surface area contributed by atoms with E-state index in [0.717, 1.165) is 38.3 Å². The number of hydrogen-bond donors (Lipinski definition) is 3. The number of aromatic amines is 1. The van der Waals surface area contributed by atoms with Gasteiger partial charge in [0.05, 0.1) is 23.7 Å². The Morgan fingerprint density at radius 2 is 1.83 bits per heavy atom. The maximum absolute atomic E-state index is 12.8. The van der Waals surface area contributed by atoms with E-state index >= 15 is 0 Å². The maximum Gasteiger partial charge on any atom is 0.416 e. The summed E-state index contributed by atoms with van der Waals surface area (Å²) in [7, 11) is 2.16. The Morgan fingerprint density at radius 3 is 2.46 bits per heavy atom. The van der Waals surface area contributed by atoms with Crippen molar-refractivity contribution < 1.29 is 23.0 Å². The van der Waals surface area contributed by atoms with Crippen LogP contribution in [0.2, 0.25) is 0 Å². The number of aromatic nitrogens is 1. The molecule has 0 spiro atoms. The second-order valence-corrected chi connectivity index (χ2v) is 6.70. The molecule has 0 bridgehead atoms. The van der Waals surface area contributed by atoms with E-state index in [0.29, 0.717) is 23.2 Å². The molecule has 24 heavy (non-hydrogen) atoms. The molecule has 0 aliphatic carbocycles. The van der Waals surface area contributed by atoms with Crippen molar-refractivity contribution in [3.63, 3.8) is 0 Å².